The second-order valence-electron chi connectivity index (χ2n) is 1.75. The largest absolute Gasteiger partial charge is 0.478 e. The molecule has 1 radical (unpaired) electrons. The van der Waals surface area contributed by atoms with Crippen molar-refractivity contribution in [2.75, 3.05) is 0 Å². The highest BCUT2D eigenvalue weighted by molar-refractivity contribution is 6.30. The van der Waals surface area contributed by atoms with Crippen molar-refractivity contribution in [3.8, 4) is 0 Å². The van der Waals surface area contributed by atoms with Gasteiger partial charge in [0.1, 0.15) is 0 Å². The third-order valence-corrected chi connectivity index (χ3v) is 1.22. The summed E-state index contributed by atoms with van der Waals surface area (Å²) in [5, 5.41) is 8.82. The predicted molar refractivity (Wildman–Crippen MR) is 37.2 cm³/mol. The fourth-order valence-corrected chi connectivity index (χ4v) is 0.747. The topological polar surface area (TPSA) is 37.3 Å². The van der Waals surface area contributed by atoms with Crippen LogP contribution in [0.3, 0.4) is 0 Å². The van der Waals surface area contributed by atoms with Gasteiger partial charge in [-0.1, -0.05) is 11.6 Å². The molecule has 1 aromatic carbocycles. The molecule has 0 aliphatic rings. The first-order valence-corrected chi connectivity index (χ1v) is 2.98. The van der Waals surface area contributed by atoms with Crippen LogP contribution in [0.4, 0.5) is 0 Å². The molecule has 0 saturated carbocycles. The van der Waals surface area contributed by atoms with Crippen LogP contribution in [0.1, 0.15) is 10.4 Å². The summed E-state index contributed by atoms with van der Waals surface area (Å²) in [6.45, 7) is 0. The summed E-state index contributed by atoms with van der Waals surface area (Å²) in [6.07, 6.45) is 0. The highest BCUT2D eigenvalue weighted by Gasteiger charge is 2.00. The standard InChI is InChI=1S/C7H4ClO2/c8-6-3-1-2-5(4-6)7(9)10/h2-4H,(H,9,10). The monoisotopic (exact) mass is 155 g/mol. The molecule has 51 valence electrons. The molecule has 0 aromatic heterocycles. The molecule has 0 spiro atoms. The van der Waals surface area contributed by atoms with Crippen molar-refractivity contribution in [3.63, 3.8) is 0 Å². The molecule has 0 heterocycles. The van der Waals surface area contributed by atoms with Gasteiger partial charge in [-0.05, 0) is 24.3 Å². The normalized spacial score (nSPS) is 9.30. The summed E-state index contributed by atoms with van der Waals surface area (Å²) >= 11 is 5.49. The molecule has 1 N–H and O–H groups in total. The maximum atomic E-state index is 10.3. The highest BCUT2D eigenvalue weighted by Crippen LogP contribution is 2.09. The van der Waals surface area contributed by atoms with Crippen LogP contribution in [0, 0.1) is 6.07 Å². The van der Waals surface area contributed by atoms with Crippen LogP contribution in [0.25, 0.3) is 0 Å². The molecule has 0 saturated heterocycles. The molecule has 10 heavy (non-hydrogen) atoms. The van der Waals surface area contributed by atoms with Gasteiger partial charge in [0.05, 0.1) is 5.56 Å². The minimum absolute atomic E-state index is 0.160. The highest BCUT2D eigenvalue weighted by atomic mass is 35.5. The minimum Gasteiger partial charge on any atom is -0.478 e. The Labute approximate surface area is 63.1 Å². The van der Waals surface area contributed by atoms with Gasteiger partial charge < -0.3 is 5.11 Å². The Bertz CT molecular complexity index is 258. The van der Waals surface area contributed by atoms with E-state index in [1.807, 2.05) is 0 Å². The Morgan fingerprint density at radius 1 is 1.60 bits per heavy atom. The fraction of sp³-hybridized carbons (Fsp3) is 0. The maximum Gasteiger partial charge on any atom is 0.335 e. The Balaban J connectivity index is 3.07. The molecule has 0 aliphatic heterocycles. The van der Waals surface area contributed by atoms with E-state index >= 15 is 0 Å². The summed E-state index contributed by atoms with van der Waals surface area (Å²) in [5.41, 5.74) is 0.160. The average molecular weight is 156 g/mol. The lowest BCUT2D eigenvalue weighted by Gasteiger charge is -1.91. The van der Waals surface area contributed by atoms with Gasteiger partial charge in [-0.2, -0.15) is 0 Å². The van der Waals surface area contributed by atoms with Crippen molar-refractivity contribution in [3.05, 3.63) is 34.9 Å². The van der Waals surface area contributed by atoms with E-state index in [9.17, 15) is 4.79 Å². The maximum absolute atomic E-state index is 10.3. The molecule has 0 unspecified atom stereocenters. The van der Waals surface area contributed by atoms with Gasteiger partial charge in [0.25, 0.3) is 0 Å². The number of rotatable bonds is 1. The number of hydrogen-bond acceptors (Lipinski definition) is 1. The third-order valence-electron chi connectivity index (χ3n) is 1.00. The molecular weight excluding hydrogens is 152 g/mol. The number of carboxylic acid groups (broad SMARTS) is 1. The van der Waals surface area contributed by atoms with Gasteiger partial charge in [0.2, 0.25) is 0 Å². The van der Waals surface area contributed by atoms with Crippen molar-refractivity contribution in [2.45, 2.75) is 0 Å². The molecule has 0 amide bonds. The summed E-state index contributed by atoms with van der Waals surface area (Å²) in [4.78, 5) is 10.3. The number of carbonyl (C=O) groups is 1. The first-order chi connectivity index (χ1) is 4.70. The zero-order chi connectivity index (χ0) is 7.56. The Hall–Kier alpha value is -1.02. The predicted octanol–water partition coefficient (Wildman–Crippen LogP) is 1.84. The lowest BCUT2D eigenvalue weighted by molar-refractivity contribution is 0.0697. The summed E-state index contributed by atoms with van der Waals surface area (Å²) in [6, 6.07) is 6.85. The fourth-order valence-electron chi connectivity index (χ4n) is 0.566. The Kier molecular flexibility index (Phi) is 1.92. The van der Waals surface area contributed by atoms with Gasteiger partial charge in [0.15, 0.2) is 0 Å². The SMILES string of the molecule is O=C(O)c1c[c]cc(Cl)c1. The number of hydrogen-bond donors (Lipinski definition) is 1. The van der Waals surface area contributed by atoms with Gasteiger partial charge >= 0.3 is 5.97 Å². The minimum atomic E-state index is -0.987. The van der Waals surface area contributed by atoms with Crippen molar-refractivity contribution in [2.24, 2.45) is 0 Å². The van der Waals surface area contributed by atoms with E-state index in [4.69, 9.17) is 16.7 Å². The van der Waals surface area contributed by atoms with Crippen molar-refractivity contribution >= 4 is 17.6 Å². The van der Waals surface area contributed by atoms with Crippen molar-refractivity contribution < 1.29 is 9.90 Å². The van der Waals surface area contributed by atoms with Gasteiger partial charge in [-0.15, -0.1) is 0 Å². The second-order valence-corrected chi connectivity index (χ2v) is 2.18. The molecule has 0 atom stereocenters. The molecule has 0 aliphatic carbocycles. The number of halogens is 1. The van der Waals surface area contributed by atoms with E-state index in [0.717, 1.165) is 0 Å². The van der Waals surface area contributed by atoms with Gasteiger partial charge in [-0.25, -0.2) is 4.79 Å². The van der Waals surface area contributed by atoms with Gasteiger partial charge in [-0.3, -0.25) is 0 Å². The average Bonchev–Trinajstić information content (AvgIpc) is 1.88. The van der Waals surface area contributed by atoms with E-state index in [1.54, 1.807) is 0 Å². The van der Waals surface area contributed by atoms with E-state index in [0.29, 0.717) is 5.02 Å². The summed E-state index contributed by atoms with van der Waals surface area (Å²) < 4.78 is 0. The quantitative estimate of drug-likeness (QED) is 0.672. The van der Waals surface area contributed by atoms with Crippen LogP contribution in [0.5, 0.6) is 0 Å². The van der Waals surface area contributed by atoms with Gasteiger partial charge in [0, 0.05) is 5.02 Å². The number of aromatic carboxylic acids is 1. The zero-order valence-corrected chi connectivity index (χ0v) is 5.72. The van der Waals surface area contributed by atoms with Crippen LogP contribution < -0.4 is 0 Å². The lowest BCUT2D eigenvalue weighted by atomic mass is 10.2. The Morgan fingerprint density at radius 3 is 2.70 bits per heavy atom. The first kappa shape index (κ1) is 7.09. The van der Waals surface area contributed by atoms with Crippen LogP contribution >= 0.6 is 11.6 Å². The molecule has 0 bridgehead atoms. The molecule has 1 rings (SSSR count). The van der Waals surface area contributed by atoms with E-state index in [-0.39, 0.29) is 5.56 Å². The molecule has 1 aromatic rings. The molecule has 0 fully saturated rings. The molecule has 3 heteroatoms. The summed E-state index contributed by atoms with van der Waals surface area (Å²) in [5.74, 6) is -0.987. The number of carboxylic acids is 1. The van der Waals surface area contributed by atoms with Crippen molar-refractivity contribution in [1.29, 1.82) is 0 Å². The van der Waals surface area contributed by atoms with Crippen LogP contribution in [-0.4, -0.2) is 11.1 Å². The first-order valence-electron chi connectivity index (χ1n) is 2.60. The van der Waals surface area contributed by atoms with Crippen LogP contribution in [0.2, 0.25) is 5.02 Å². The van der Waals surface area contributed by atoms with E-state index in [2.05, 4.69) is 6.07 Å². The second kappa shape index (κ2) is 2.71. The lowest BCUT2D eigenvalue weighted by Crippen LogP contribution is -1.94. The van der Waals surface area contributed by atoms with Crippen LogP contribution in [-0.2, 0) is 0 Å². The molecule has 2 nitrogen and oxygen atoms in total. The zero-order valence-electron chi connectivity index (χ0n) is 4.97. The van der Waals surface area contributed by atoms with Crippen molar-refractivity contribution in [1.82, 2.24) is 0 Å². The van der Waals surface area contributed by atoms with E-state index in [1.165, 1.54) is 18.2 Å². The Morgan fingerprint density at radius 2 is 2.30 bits per heavy atom. The van der Waals surface area contributed by atoms with Crippen LogP contribution in [0.15, 0.2) is 18.2 Å². The molecular formula is C7H4ClO2. The van der Waals surface area contributed by atoms with E-state index < -0.39 is 5.97 Å². The third kappa shape index (κ3) is 1.48. The smallest absolute Gasteiger partial charge is 0.335 e. The number of benzene rings is 1. The summed E-state index contributed by atoms with van der Waals surface area (Å²) in [7, 11) is 0.